The Balaban J connectivity index is 1.80. The molecule has 0 heterocycles. The summed E-state index contributed by atoms with van der Waals surface area (Å²) in [5.74, 6) is -0.212. The summed E-state index contributed by atoms with van der Waals surface area (Å²) in [6.45, 7) is 5.10. The van der Waals surface area contributed by atoms with Crippen molar-refractivity contribution in [2.75, 3.05) is 79.2 Å². The average molecular weight is 438 g/mol. The molecule has 172 valence electrons. The number of nitrogens with zero attached hydrogens (tertiary/aromatic N) is 3. The molecule has 0 saturated carbocycles. The Morgan fingerprint density at radius 3 is 1.81 bits per heavy atom. The second-order valence-electron chi connectivity index (χ2n) is 6.01. The molecule has 0 aliphatic heterocycles. The van der Waals surface area contributed by atoms with Crippen molar-refractivity contribution in [3.63, 3.8) is 0 Å². The highest BCUT2D eigenvalue weighted by Gasteiger charge is 2.04. The molecule has 1 N–H and O–H groups in total. The second kappa shape index (κ2) is 19.4. The lowest BCUT2D eigenvalue weighted by molar-refractivity contribution is -0.0102. The second-order valence-corrected chi connectivity index (χ2v) is 6.01. The molecule has 1 amide bonds. The van der Waals surface area contributed by atoms with Gasteiger partial charge in [0.15, 0.2) is 0 Å². The highest BCUT2D eigenvalue weighted by atomic mass is 16.6. The maximum absolute atomic E-state index is 11.9. The number of aldehydes is 1. The minimum absolute atomic E-state index is 0.212. The molecule has 0 aliphatic carbocycles. The first-order valence-corrected chi connectivity index (χ1v) is 10.0. The molecule has 0 aliphatic rings. The van der Waals surface area contributed by atoms with E-state index in [2.05, 4.69) is 15.3 Å². The van der Waals surface area contributed by atoms with E-state index in [1.807, 2.05) is 0 Å². The van der Waals surface area contributed by atoms with Crippen molar-refractivity contribution in [3.05, 3.63) is 45.8 Å². The fourth-order valence-electron chi connectivity index (χ4n) is 2.18. The highest BCUT2D eigenvalue weighted by molar-refractivity contribution is 5.94. The molecule has 1 aromatic carbocycles. The number of benzene rings is 1. The molecular weight excluding hydrogens is 408 g/mol. The van der Waals surface area contributed by atoms with Crippen LogP contribution in [0.4, 0.5) is 0 Å². The summed E-state index contributed by atoms with van der Waals surface area (Å²) in [5.41, 5.74) is 9.12. The van der Waals surface area contributed by atoms with E-state index < -0.39 is 0 Å². The standard InChI is InChI=1S/C20H30N4O7/c21-24-23-6-8-28-10-12-30-14-16-31-15-13-29-11-9-27-7-5-22-20(26)19-3-1-18(17-25)2-4-19/h1-4,17H,5-16H2,(H,22,26). The van der Waals surface area contributed by atoms with Crippen LogP contribution >= 0.6 is 0 Å². The van der Waals surface area contributed by atoms with Gasteiger partial charge in [-0.2, -0.15) is 0 Å². The number of carbonyl (C=O) groups is 2. The number of hydrogen-bond acceptors (Lipinski definition) is 8. The van der Waals surface area contributed by atoms with Crippen LogP contribution in [0, 0.1) is 0 Å². The fraction of sp³-hybridized carbons (Fsp3) is 0.600. The van der Waals surface area contributed by atoms with E-state index in [1.54, 1.807) is 24.3 Å². The number of hydrogen-bond donors (Lipinski definition) is 1. The van der Waals surface area contributed by atoms with Crippen LogP contribution in [0.5, 0.6) is 0 Å². The maximum Gasteiger partial charge on any atom is 0.251 e. The summed E-state index contributed by atoms with van der Waals surface area (Å²) in [4.78, 5) is 25.1. The van der Waals surface area contributed by atoms with Gasteiger partial charge < -0.3 is 29.0 Å². The molecule has 31 heavy (non-hydrogen) atoms. The van der Waals surface area contributed by atoms with E-state index in [1.165, 1.54) is 0 Å². The van der Waals surface area contributed by atoms with Crippen LogP contribution in [0.3, 0.4) is 0 Å². The van der Waals surface area contributed by atoms with Gasteiger partial charge in [-0.3, -0.25) is 9.59 Å². The molecule has 11 heteroatoms. The van der Waals surface area contributed by atoms with Gasteiger partial charge in [0, 0.05) is 29.1 Å². The normalized spacial score (nSPS) is 10.5. The van der Waals surface area contributed by atoms with Crippen LogP contribution in [-0.2, 0) is 23.7 Å². The van der Waals surface area contributed by atoms with Gasteiger partial charge in [0.1, 0.15) is 6.29 Å². The van der Waals surface area contributed by atoms with E-state index in [-0.39, 0.29) is 5.91 Å². The first-order chi connectivity index (χ1) is 15.3. The monoisotopic (exact) mass is 438 g/mol. The minimum Gasteiger partial charge on any atom is -0.379 e. The quantitative estimate of drug-likeness (QED) is 0.107. The molecule has 0 radical (unpaired) electrons. The molecule has 11 nitrogen and oxygen atoms in total. The Kier molecular flexibility index (Phi) is 16.6. The summed E-state index contributed by atoms with van der Waals surface area (Å²) in [7, 11) is 0. The van der Waals surface area contributed by atoms with Gasteiger partial charge in [-0.05, 0) is 17.7 Å². The molecule has 1 aromatic rings. The largest absolute Gasteiger partial charge is 0.379 e. The Morgan fingerprint density at radius 2 is 1.32 bits per heavy atom. The zero-order chi connectivity index (χ0) is 22.4. The van der Waals surface area contributed by atoms with Crippen LogP contribution < -0.4 is 5.32 Å². The summed E-state index contributed by atoms with van der Waals surface area (Å²) in [6, 6.07) is 6.40. The molecule has 1 rings (SSSR count). The van der Waals surface area contributed by atoms with Crippen LogP contribution in [0.1, 0.15) is 20.7 Å². The summed E-state index contributed by atoms with van der Waals surface area (Å²) in [5, 5.41) is 6.09. The summed E-state index contributed by atoms with van der Waals surface area (Å²) < 4.78 is 26.6. The fourth-order valence-corrected chi connectivity index (χ4v) is 2.18. The Hall–Kier alpha value is -2.53. The van der Waals surface area contributed by atoms with Gasteiger partial charge in [-0.15, -0.1) is 0 Å². The third kappa shape index (κ3) is 15.0. The van der Waals surface area contributed by atoms with E-state index in [0.29, 0.717) is 90.3 Å². The smallest absolute Gasteiger partial charge is 0.251 e. The number of azide groups is 1. The van der Waals surface area contributed by atoms with Crippen molar-refractivity contribution < 1.29 is 33.3 Å². The molecule has 0 spiro atoms. The molecule has 0 fully saturated rings. The predicted molar refractivity (Wildman–Crippen MR) is 112 cm³/mol. The molecule has 0 unspecified atom stereocenters. The van der Waals surface area contributed by atoms with Crippen molar-refractivity contribution in [1.29, 1.82) is 0 Å². The molecular formula is C20H30N4O7. The van der Waals surface area contributed by atoms with Crippen LogP contribution in [0.25, 0.3) is 10.4 Å². The van der Waals surface area contributed by atoms with Gasteiger partial charge in [0.25, 0.3) is 5.91 Å². The van der Waals surface area contributed by atoms with E-state index in [9.17, 15) is 9.59 Å². The van der Waals surface area contributed by atoms with E-state index in [4.69, 9.17) is 29.2 Å². The topological polar surface area (TPSA) is 141 Å². The lowest BCUT2D eigenvalue weighted by Crippen LogP contribution is -2.27. The van der Waals surface area contributed by atoms with E-state index >= 15 is 0 Å². The van der Waals surface area contributed by atoms with Crippen molar-refractivity contribution in [1.82, 2.24) is 5.32 Å². The van der Waals surface area contributed by atoms with Crippen LogP contribution in [0.15, 0.2) is 29.4 Å². The molecule has 0 bridgehead atoms. The summed E-state index contributed by atoms with van der Waals surface area (Å²) in [6.07, 6.45) is 0.732. The number of carbonyl (C=O) groups excluding carboxylic acids is 2. The third-order valence-corrected chi connectivity index (χ3v) is 3.73. The number of rotatable bonds is 20. The first kappa shape index (κ1) is 26.5. The zero-order valence-electron chi connectivity index (χ0n) is 17.6. The molecule has 0 atom stereocenters. The first-order valence-electron chi connectivity index (χ1n) is 10.0. The molecule has 0 saturated heterocycles. The van der Waals surface area contributed by atoms with Crippen LogP contribution in [0.2, 0.25) is 0 Å². The maximum atomic E-state index is 11.9. The summed E-state index contributed by atoms with van der Waals surface area (Å²) >= 11 is 0. The lowest BCUT2D eigenvalue weighted by atomic mass is 10.1. The highest BCUT2D eigenvalue weighted by Crippen LogP contribution is 2.02. The van der Waals surface area contributed by atoms with Gasteiger partial charge in [-0.1, -0.05) is 17.2 Å². The number of nitrogens with one attached hydrogen (secondary N) is 1. The third-order valence-electron chi connectivity index (χ3n) is 3.73. The Bertz CT molecular complexity index is 651. The van der Waals surface area contributed by atoms with Gasteiger partial charge >= 0.3 is 0 Å². The number of ether oxygens (including phenoxy) is 5. The van der Waals surface area contributed by atoms with Crippen LogP contribution in [-0.4, -0.2) is 91.4 Å². The zero-order valence-corrected chi connectivity index (χ0v) is 17.6. The Morgan fingerprint density at radius 1 is 0.839 bits per heavy atom. The van der Waals surface area contributed by atoms with Crippen molar-refractivity contribution in [2.45, 2.75) is 0 Å². The molecule has 0 aromatic heterocycles. The van der Waals surface area contributed by atoms with Crippen molar-refractivity contribution >= 4 is 12.2 Å². The SMILES string of the molecule is [N-]=[N+]=NCCOCCOCCOCCOCCOCCNC(=O)c1ccc(C=O)cc1. The van der Waals surface area contributed by atoms with Crippen molar-refractivity contribution in [3.8, 4) is 0 Å². The lowest BCUT2D eigenvalue weighted by Gasteiger charge is -2.08. The van der Waals surface area contributed by atoms with Gasteiger partial charge in [0.2, 0.25) is 0 Å². The minimum atomic E-state index is -0.212. The Labute approximate surface area is 181 Å². The number of amides is 1. The van der Waals surface area contributed by atoms with Gasteiger partial charge in [-0.25, -0.2) is 0 Å². The average Bonchev–Trinajstić information content (AvgIpc) is 2.80. The van der Waals surface area contributed by atoms with Gasteiger partial charge in [0.05, 0.1) is 66.1 Å². The van der Waals surface area contributed by atoms with E-state index in [0.717, 1.165) is 6.29 Å². The van der Waals surface area contributed by atoms with Crippen molar-refractivity contribution in [2.24, 2.45) is 5.11 Å². The predicted octanol–water partition coefficient (Wildman–Crippen LogP) is 1.62.